The van der Waals surface area contributed by atoms with Gasteiger partial charge in [0.2, 0.25) is 0 Å². The smallest absolute Gasteiger partial charge is 0.410 e. The number of nitrogens with zero attached hydrogens (tertiary/aromatic N) is 4. The molecule has 0 aliphatic heterocycles. The van der Waals surface area contributed by atoms with Crippen LogP contribution in [0.4, 0.5) is 10.6 Å². The van der Waals surface area contributed by atoms with Crippen LogP contribution in [0.1, 0.15) is 57.8 Å². The van der Waals surface area contributed by atoms with E-state index in [-0.39, 0.29) is 12.1 Å². The highest BCUT2D eigenvalue weighted by atomic mass is 35.5. The summed E-state index contributed by atoms with van der Waals surface area (Å²) in [4.78, 5) is 19.6. The zero-order chi connectivity index (χ0) is 25.3. The van der Waals surface area contributed by atoms with E-state index in [0.717, 1.165) is 54.0 Å². The molecule has 0 radical (unpaired) electrons. The summed E-state index contributed by atoms with van der Waals surface area (Å²) in [5.41, 5.74) is 3.48. The van der Waals surface area contributed by atoms with Gasteiger partial charge in [0.1, 0.15) is 11.4 Å². The number of carbonyl (C=O) groups is 1. The van der Waals surface area contributed by atoms with Crippen molar-refractivity contribution in [2.45, 2.75) is 71.9 Å². The van der Waals surface area contributed by atoms with Gasteiger partial charge in [-0.05, 0) is 53.5 Å². The molecule has 1 saturated carbocycles. The molecule has 0 bridgehead atoms. The number of ether oxygens (including phenoxy) is 1. The number of rotatable bonds is 6. The van der Waals surface area contributed by atoms with Crippen molar-refractivity contribution in [3.05, 3.63) is 45.7 Å². The summed E-state index contributed by atoms with van der Waals surface area (Å²) in [6.07, 6.45) is 4.06. The van der Waals surface area contributed by atoms with E-state index in [9.17, 15) is 4.79 Å². The van der Waals surface area contributed by atoms with Gasteiger partial charge in [-0.2, -0.15) is 9.61 Å². The number of halogens is 2. The number of anilines is 1. The topological polar surface area (TPSA) is 71.8 Å². The number of aromatic nitrogens is 3. The number of carbonyl (C=O) groups excluding carboxylic acids is 1. The number of fused-ring (bicyclic) bond motifs is 1. The minimum absolute atomic E-state index is 0.217. The largest absolute Gasteiger partial charge is 0.444 e. The van der Waals surface area contributed by atoms with Gasteiger partial charge < -0.3 is 15.0 Å². The van der Waals surface area contributed by atoms with E-state index in [1.54, 1.807) is 10.6 Å². The van der Waals surface area contributed by atoms with Crippen molar-refractivity contribution in [2.24, 2.45) is 0 Å². The first-order valence-corrected chi connectivity index (χ1v) is 12.9. The Labute approximate surface area is 216 Å². The molecule has 1 fully saturated rings. The summed E-state index contributed by atoms with van der Waals surface area (Å²) >= 11 is 12.8. The van der Waals surface area contributed by atoms with Crippen LogP contribution in [-0.2, 0) is 4.74 Å². The van der Waals surface area contributed by atoms with Crippen LogP contribution in [0.5, 0.6) is 0 Å². The fourth-order valence-corrected chi connectivity index (χ4v) is 5.04. The number of benzene rings is 1. The second-order valence-electron chi connectivity index (χ2n) is 10.1. The third kappa shape index (κ3) is 5.67. The van der Waals surface area contributed by atoms with E-state index in [1.165, 1.54) is 0 Å². The molecule has 7 nitrogen and oxygen atoms in total. The Balaban J connectivity index is 1.59. The maximum Gasteiger partial charge on any atom is 0.410 e. The predicted octanol–water partition coefficient (Wildman–Crippen LogP) is 6.91. The van der Waals surface area contributed by atoms with Crippen molar-refractivity contribution >= 4 is 40.8 Å². The molecule has 2 heterocycles. The van der Waals surface area contributed by atoms with Gasteiger partial charge in [0.05, 0.1) is 21.3 Å². The number of aryl methyl sites for hydroxylation is 2. The summed E-state index contributed by atoms with van der Waals surface area (Å²) < 4.78 is 7.50. The van der Waals surface area contributed by atoms with Crippen LogP contribution < -0.4 is 5.32 Å². The molecular weight excluding hydrogens is 485 g/mol. The average Bonchev–Trinajstić information content (AvgIpc) is 3.40. The zero-order valence-electron chi connectivity index (χ0n) is 21.0. The lowest BCUT2D eigenvalue weighted by molar-refractivity contribution is 0.0175. The van der Waals surface area contributed by atoms with Crippen LogP contribution in [0.3, 0.4) is 0 Å². The van der Waals surface area contributed by atoms with E-state index in [2.05, 4.69) is 5.32 Å². The molecule has 35 heavy (non-hydrogen) atoms. The molecule has 2 aromatic heterocycles. The van der Waals surface area contributed by atoms with Crippen LogP contribution in [0, 0.1) is 13.8 Å². The lowest BCUT2D eigenvalue weighted by Gasteiger charge is -2.31. The fraction of sp³-hybridized carbons (Fsp3) is 0.500. The zero-order valence-corrected chi connectivity index (χ0v) is 22.5. The fourth-order valence-electron chi connectivity index (χ4n) is 4.65. The lowest BCUT2D eigenvalue weighted by atomic mass is 10.1. The highest BCUT2D eigenvalue weighted by Gasteiger charge is 2.30. The van der Waals surface area contributed by atoms with Crippen molar-refractivity contribution in [2.75, 3.05) is 18.4 Å². The Morgan fingerprint density at radius 3 is 2.63 bits per heavy atom. The molecule has 1 aliphatic rings. The lowest BCUT2D eigenvalue weighted by Crippen LogP contribution is -2.44. The first-order chi connectivity index (χ1) is 16.5. The molecule has 0 spiro atoms. The molecule has 0 unspecified atom stereocenters. The number of hydrogen-bond acceptors (Lipinski definition) is 5. The van der Waals surface area contributed by atoms with E-state index in [4.69, 9.17) is 38.0 Å². The molecule has 0 atom stereocenters. The third-order valence-electron chi connectivity index (χ3n) is 6.17. The summed E-state index contributed by atoms with van der Waals surface area (Å²) in [5.74, 6) is 0.801. The van der Waals surface area contributed by atoms with Gasteiger partial charge in [-0.15, -0.1) is 0 Å². The van der Waals surface area contributed by atoms with Gasteiger partial charge >= 0.3 is 6.09 Å². The summed E-state index contributed by atoms with van der Waals surface area (Å²) in [6, 6.07) is 7.73. The summed E-state index contributed by atoms with van der Waals surface area (Å²) in [5, 5.41) is 9.18. The van der Waals surface area contributed by atoms with Gasteiger partial charge in [0, 0.05) is 36.5 Å². The van der Waals surface area contributed by atoms with Crippen LogP contribution >= 0.6 is 23.2 Å². The van der Waals surface area contributed by atoms with Gasteiger partial charge in [0.25, 0.3) is 0 Å². The Kier molecular flexibility index (Phi) is 7.48. The van der Waals surface area contributed by atoms with Crippen molar-refractivity contribution < 1.29 is 9.53 Å². The molecule has 0 saturated heterocycles. The maximum atomic E-state index is 12.9. The highest BCUT2D eigenvalue weighted by Crippen LogP contribution is 2.37. The molecule has 1 N–H and O–H groups in total. The average molecular weight is 518 g/mol. The van der Waals surface area contributed by atoms with Crippen molar-refractivity contribution in [3.8, 4) is 11.1 Å². The first-order valence-electron chi connectivity index (χ1n) is 12.1. The monoisotopic (exact) mass is 517 g/mol. The molecule has 3 aromatic rings. The van der Waals surface area contributed by atoms with Crippen molar-refractivity contribution in [1.82, 2.24) is 19.5 Å². The molecule has 188 valence electrons. The Hall–Kier alpha value is -2.51. The van der Waals surface area contributed by atoms with Crippen molar-refractivity contribution in [3.63, 3.8) is 0 Å². The van der Waals surface area contributed by atoms with Crippen LogP contribution in [0.25, 0.3) is 16.8 Å². The van der Waals surface area contributed by atoms with Gasteiger partial charge in [-0.1, -0.05) is 48.2 Å². The minimum atomic E-state index is -0.527. The second kappa shape index (κ2) is 10.2. The molecule has 4 rings (SSSR count). The van der Waals surface area contributed by atoms with Crippen LogP contribution in [0.2, 0.25) is 10.0 Å². The SMILES string of the molecule is Cc1cc(NCCN(C(=O)OC(C)(C)C)C2CCCC2)n2nc(C)c(-c3cccc(Cl)c3Cl)c2n1. The predicted molar refractivity (Wildman–Crippen MR) is 142 cm³/mol. The summed E-state index contributed by atoms with van der Waals surface area (Å²) in [7, 11) is 0. The summed E-state index contributed by atoms with van der Waals surface area (Å²) in [6.45, 7) is 10.7. The van der Waals surface area contributed by atoms with E-state index in [0.29, 0.717) is 28.8 Å². The van der Waals surface area contributed by atoms with Crippen LogP contribution in [0.15, 0.2) is 24.3 Å². The number of nitrogens with one attached hydrogen (secondary N) is 1. The molecule has 1 aliphatic carbocycles. The maximum absolute atomic E-state index is 12.9. The molecule has 1 aromatic carbocycles. The van der Waals surface area contributed by atoms with E-state index >= 15 is 0 Å². The van der Waals surface area contributed by atoms with Gasteiger partial charge in [0.15, 0.2) is 5.65 Å². The third-order valence-corrected chi connectivity index (χ3v) is 6.98. The second-order valence-corrected chi connectivity index (χ2v) is 10.9. The highest BCUT2D eigenvalue weighted by molar-refractivity contribution is 6.43. The minimum Gasteiger partial charge on any atom is -0.444 e. The van der Waals surface area contributed by atoms with Crippen LogP contribution in [-0.4, -0.2) is 50.3 Å². The normalized spacial score (nSPS) is 14.5. The van der Waals surface area contributed by atoms with Gasteiger partial charge in [-0.3, -0.25) is 0 Å². The number of hydrogen-bond donors (Lipinski definition) is 1. The van der Waals surface area contributed by atoms with Crippen molar-refractivity contribution in [1.29, 1.82) is 0 Å². The Morgan fingerprint density at radius 2 is 1.94 bits per heavy atom. The van der Waals surface area contributed by atoms with E-state index < -0.39 is 5.60 Å². The molecular formula is C26H33Cl2N5O2. The Bertz CT molecular complexity index is 1230. The molecule has 9 heteroatoms. The Morgan fingerprint density at radius 1 is 1.23 bits per heavy atom. The standard InChI is InChI=1S/C26H33Cl2N5O2/c1-16-15-21(29-13-14-32(18-9-6-7-10-18)25(34)35-26(3,4)5)33-24(30-16)22(17(2)31-33)19-11-8-12-20(27)23(19)28/h8,11-12,15,18,29H,6-7,9-10,13-14H2,1-5H3. The van der Waals surface area contributed by atoms with E-state index in [1.807, 2.05) is 57.7 Å². The molecule has 1 amide bonds. The van der Waals surface area contributed by atoms with Gasteiger partial charge in [-0.25, -0.2) is 9.78 Å². The first kappa shape index (κ1) is 25.6. The number of amides is 1. The quantitative estimate of drug-likeness (QED) is 0.384.